The number of rotatable bonds is 2. The number of carbonyl (C=O) groups is 1. The van der Waals surface area contributed by atoms with Crippen LogP contribution in [0.1, 0.15) is 23.2 Å². The van der Waals surface area contributed by atoms with E-state index in [0.717, 1.165) is 12.8 Å². The van der Waals surface area contributed by atoms with E-state index >= 15 is 0 Å². The summed E-state index contributed by atoms with van der Waals surface area (Å²) in [5.41, 5.74) is 0.618. The van der Waals surface area contributed by atoms with E-state index < -0.39 is 0 Å². The van der Waals surface area contributed by atoms with Crippen LogP contribution in [0.2, 0.25) is 0 Å². The Kier molecular flexibility index (Phi) is 3.78. The molecule has 5 heteroatoms. The average Bonchev–Trinajstić information content (AvgIpc) is 2.84. The zero-order chi connectivity index (χ0) is 13.9. The maximum atomic E-state index is 12.4. The molecule has 0 saturated carbocycles. The number of hydrogen-bond acceptors (Lipinski definition) is 4. The standard InChI is InChI=1S/C15H19NO4/c17-10-11-4-5-16(9-11)15(18)12-2-3-13-14(8-12)20-7-1-6-19-13/h2-3,8,11,17H,1,4-7,9-10H2. The van der Waals surface area contributed by atoms with E-state index in [0.29, 0.717) is 43.4 Å². The fraction of sp³-hybridized carbons (Fsp3) is 0.533. The first-order valence-electron chi connectivity index (χ1n) is 7.07. The van der Waals surface area contributed by atoms with Crippen LogP contribution < -0.4 is 9.47 Å². The number of likely N-dealkylation sites (tertiary alicyclic amines) is 1. The molecule has 3 rings (SSSR count). The van der Waals surface area contributed by atoms with Crippen molar-refractivity contribution in [1.29, 1.82) is 0 Å². The fourth-order valence-corrected chi connectivity index (χ4v) is 2.65. The van der Waals surface area contributed by atoms with Crippen molar-refractivity contribution in [2.24, 2.45) is 5.92 Å². The maximum absolute atomic E-state index is 12.4. The summed E-state index contributed by atoms with van der Waals surface area (Å²) in [5.74, 6) is 1.55. The van der Waals surface area contributed by atoms with Crippen LogP contribution in [0, 0.1) is 5.92 Å². The highest BCUT2D eigenvalue weighted by atomic mass is 16.5. The summed E-state index contributed by atoms with van der Waals surface area (Å²) in [6, 6.07) is 5.34. The van der Waals surface area contributed by atoms with E-state index in [1.807, 2.05) is 0 Å². The van der Waals surface area contributed by atoms with Gasteiger partial charge in [0.05, 0.1) is 13.2 Å². The molecule has 20 heavy (non-hydrogen) atoms. The second kappa shape index (κ2) is 5.71. The van der Waals surface area contributed by atoms with Crippen molar-refractivity contribution < 1.29 is 19.4 Å². The molecule has 1 saturated heterocycles. The summed E-state index contributed by atoms with van der Waals surface area (Å²) >= 11 is 0. The van der Waals surface area contributed by atoms with Gasteiger partial charge in [-0.3, -0.25) is 4.79 Å². The molecular weight excluding hydrogens is 258 g/mol. The minimum atomic E-state index is -0.00315. The first-order valence-corrected chi connectivity index (χ1v) is 7.07. The average molecular weight is 277 g/mol. The number of fused-ring (bicyclic) bond motifs is 1. The molecular formula is C15H19NO4. The Hall–Kier alpha value is -1.75. The van der Waals surface area contributed by atoms with Gasteiger partial charge < -0.3 is 19.5 Å². The lowest BCUT2D eigenvalue weighted by molar-refractivity contribution is 0.0781. The van der Waals surface area contributed by atoms with E-state index in [-0.39, 0.29) is 18.4 Å². The van der Waals surface area contributed by atoms with Crippen LogP contribution in [0.5, 0.6) is 11.5 Å². The van der Waals surface area contributed by atoms with E-state index in [1.165, 1.54) is 0 Å². The van der Waals surface area contributed by atoms with Crippen molar-refractivity contribution in [3.05, 3.63) is 23.8 Å². The molecule has 0 aliphatic carbocycles. The van der Waals surface area contributed by atoms with Gasteiger partial charge in [0, 0.05) is 37.6 Å². The monoisotopic (exact) mass is 277 g/mol. The van der Waals surface area contributed by atoms with Crippen molar-refractivity contribution in [2.75, 3.05) is 32.9 Å². The molecule has 1 aromatic carbocycles. The summed E-state index contributed by atoms with van der Waals surface area (Å²) in [6.45, 7) is 2.73. The fourth-order valence-electron chi connectivity index (χ4n) is 2.65. The van der Waals surface area contributed by atoms with E-state index in [9.17, 15) is 4.79 Å². The Morgan fingerprint density at radius 1 is 1.30 bits per heavy atom. The van der Waals surface area contributed by atoms with Gasteiger partial charge in [0.25, 0.3) is 5.91 Å². The highest BCUT2D eigenvalue weighted by Gasteiger charge is 2.27. The minimum absolute atomic E-state index is 0.00315. The highest BCUT2D eigenvalue weighted by molar-refractivity contribution is 5.95. The summed E-state index contributed by atoms with van der Waals surface area (Å²) in [5, 5.41) is 9.15. The van der Waals surface area contributed by atoms with Gasteiger partial charge in [-0.1, -0.05) is 0 Å². The molecule has 2 aliphatic rings. The van der Waals surface area contributed by atoms with E-state index in [1.54, 1.807) is 23.1 Å². The molecule has 108 valence electrons. The van der Waals surface area contributed by atoms with Crippen LogP contribution in [0.15, 0.2) is 18.2 Å². The summed E-state index contributed by atoms with van der Waals surface area (Å²) < 4.78 is 11.2. The normalized spacial score (nSPS) is 21.6. The van der Waals surface area contributed by atoms with Crippen LogP contribution in [0.4, 0.5) is 0 Å². The quantitative estimate of drug-likeness (QED) is 0.885. The van der Waals surface area contributed by atoms with E-state index in [2.05, 4.69) is 0 Å². The number of aliphatic hydroxyl groups excluding tert-OH is 1. The van der Waals surface area contributed by atoms with Crippen molar-refractivity contribution in [2.45, 2.75) is 12.8 Å². The molecule has 1 fully saturated rings. The number of nitrogens with zero attached hydrogens (tertiary/aromatic N) is 1. The van der Waals surface area contributed by atoms with Crippen LogP contribution in [0.3, 0.4) is 0 Å². The topological polar surface area (TPSA) is 59.0 Å². The van der Waals surface area contributed by atoms with Crippen molar-refractivity contribution in [3.8, 4) is 11.5 Å². The highest BCUT2D eigenvalue weighted by Crippen LogP contribution is 2.31. The first kappa shape index (κ1) is 13.2. The lowest BCUT2D eigenvalue weighted by Crippen LogP contribution is -2.29. The Morgan fingerprint density at radius 3 is 2.85 bits per heavy atom. The molecule has 1 aromatic rings. The third-order valence-corrected chi connectivity index (χ3v) is 3.83. The second-order valence-electron chi connectivity index (χ2n) is 5.30. The summed E-state index contributed by atoms with van der Waals surface area (Å²) in [7, 11) is 0. The van der Waals surface area contributed by atoms with Crippen LogP contribution in [-0.4, -0.2) is 48.8 Å². The first-order chi connectivity index (χ1) is 9.78. The van der Waals surface area contributed by atoms with Gasteiger partial charge in [0.15, 0.2) is 11.5 Å². The molecule has 1 unspecified atom stereocenters. The predicted octanol–water partition coefficient (Wildman–Crippen LogP) is 1.30. The van der Waals surface area contributed by atoms with Gasteiger partial charge >= 0.3 is 0 Å². The molecule has 2 heterocycles. The number of hydrogen-bond donors (Lipinski definition) is 1. The van der Waals surface area contributed by atoms with Gasteiger partial charge in [-0.05, 0) is 24.6 Å². The number of aliphatic hydroxyl groups is 1. The third-order valence-electron chi connectivity index (χ3n) is 3.83. The van der Waals surface area contributed by atoms with Crippen molar-refractivity contribution in [3.63, 3.8) is 0 Å². The maximum Gasteiger partial charge on any atom is 0.254 e. The van der Waals surface area contributed by atoms with Gasteiger partial charge in [-0.2, -0.15) is 0 Å². The molecule has 2 aliphatic heterocycles. The minimum Gasteiger partial charge on any atom is -0.490 e. The second-order valence-corrected chi connectivity index (χ2v) is 5.30. The molecule has 1 amide bonds. The number of amides is 1. The molecule has 0 spiro atoms. The van der Waals surface area contributed by atoms with Gasteiger partial charge in [0.2, 0.25) is 0 Å². The molecule has 0 aromatic heterocycles. The van der Waals surface area contributed by atoms with Crippen molar-refractivity contribution in [1.82, 2.24) is 4.90 Å². The number of carbonyl (C=O) groups excluding carboxylic acids is 1. The Balaban J connectivity index is 1.77. The Morgan fingerprint density at radius 2 is 2.10 bits per heavy atom. The number of ether oxygens (including phenoxy) is 2. The summed E-state index contributed by atoms with van der Waals surface area (Å²) in [4.78, 5) is 14.2. The zero-order valence-electron chi connectivity index (χ0n) is 11.4. The molecule has 5 nitrogen and oxygen atoms in total. The zero-order valence-corrected chi connectivity index (χ0v) is 11.4. The van der Waals surface area contributed by atoms with E-state index in [4.69, 9.17) is 14.6 Å². The van der Waals surface area contributed by atoms with Crippen LogP contribution in [-0.2, 0) is 0 Å². The molecule has 0 radical (unpaired) electrons. The third kappa shape index (κ3) is 2.58. The SMILES string of the molecule is O=C(c1ccc2c(c1)OCCCO2)N1CCC(CO)C1. The number of benzene rings is 1. The molecule has 1 N–H and O–H groups in total. The lowest BCUT2D eigenvalue weighted by atomic mass is 10.1. The van der Waals surface area contributed by atoms with Gasteiger partial charge in [0.1, 0.15) is 0 Å². The summed E-state index contributed by atoms with van der Waals surface area (Å²) in [6.07, 6.45) is 1.72. The lowest BCUT2D eigenvalue weighted by Gasteiger charge is -2.17. The van der Waals surface area contributed by atoms with Gasteiger partial charge in [-0.15, -0.1) is 0 Å². The van der Waals surface area contributed by atoms with Gasteiger partial charge in [-0.25, -0.2) is 0 Å². The van der Waals surface area contributed by atoms with Crippen molar-refractivity contribution >= 4 is 5.91 Å². The Bertz CT molecular complexity index is 503. The van der Waals surface area contributed by atoms with Crippen LogP contribution >= 0.6 is 0 Å². The molecule has 1 atom stereocenters. The smallest absolute Gasteiger partial charge is 0.254 e. The molecule has 0 bridgehead atoms. The van der Waals surface area contributed by atoms with Crippen LogP contribution in [0.25, 0.3) is 0 Å². The largest absolute Gasteiger partial charge is 0.490 e. The Labute approximate surface area is 118 Å². The predicted molar refractivity (Wildman–Crippen MR) is 73.1 cm³/mol.